The number of carbonyl (C=O) groups is 3. The first-order valence-electron chi connectivity index (χ1n) is 8.90. The van der Waals surface area contributed by atoms with Crippen molar-refractivity contribution in [3.8, 4) is 0 Å². The lowest BCUT2D eigenvalue weighted by Crippen LogP contribution is -2.24. The quantitative estimate of drug-likeness (QED) is 0.470. The third kappa shape index (κ3) is 4.23. The molecule has 1 fully saturated rings. The molecule has 0 spiro atoms. The van der Waals surface area contributed by atoms with Crippen LogP contribution < -0.4 is 10.2 Å². The Morgan fingerprint density at radius 3 is 2.48 bits per heavy atom. The Labute approximate surface area is 166 Å². The van der Waals surface area contributed by atoms with Crippen molar-refractivity contribution >= 4 is 34.8 Å². The van der Waals surface area contributed by atoms with Crippen molar-refractivity contribution in [2.75, 3.05) is 23.9 Å². The summed E-state index contributed by atoms with van der Waals surface area (Å²) in [4.78, 5) is 48.4. The predicted molar refractivity (Wildman–Crippen MR) is 105 cm³/mol. The summed E-state index contributed by atoms with van der Waals surface area (Å²) in [5.41, 5.74) is 1.54. The molecule has 1 saturated heterocycles. The Kier molecular flexibility index (Phi) is 5.58. The smallest absolute Gasteiger partial charge is 0.338 e. The zero-order valence-electron chi connectivity index (χ0n) is 15.9. The third-order valence-electron chi connectivity index (χ3n) is 4.63. The Morgan fingerprint density at radius 1 is 1.17 bits per heavy atom. The Bertz CT molecular complexity index is 1020. The molecule has 2 aromatic rings. The van der Waals surface area contributed by atoms with Crippen LogP contribution >= 0.6 is 0 Å². The van der Waals surface area contributed by atoms with Gasteiger partial charge in [0.05, 0.1) is 17.6 Å². The van der Waals surface area contributed by atoms with Crippen LogP contribution in [0.25, 0.3) is 0 Å². The molecule has 1 N–H and O–H groups in total. The molecule has 9 heteroatoms. The van der Waals surface area contributed by atoms with Crippen LogP contribution in [0.5, 0.6) is 0 Å². The lowest BCUT2D eigenvalue weighted by Gasteiger charge is -2.19. The third-order valence-corrected chi connectivity index (χ3v) is 4.63. The van der Waals surface area contributed by atoms with Gasteiger partial charge in [-0.25, -0.2) is 4.79 Å². The molecule has 0 bridgehead atoms. The van der Waals surface area contributed by atoms with Gasteiger partial charge in [-0.15, -0.1) is 0 Å². The van der Waals surface area contributed by atoms with Crippen LogP contribution in [0.3, 0.4) is 0 Å². The number of methoxy groups -OCH3 is 1. The number of nitrogens with zero attached hydrogens (tertiary/aromatic N) is 2. The molecule has 0 atom stereocenters. The van der Waals surface area contributed by atoms with Gasteiger partial charge in [-0.3, -0.25) is 19.7 Å². The number of esters is 1. The maximum Gasteiger partial charge on any atom is 0.338 e. The van der Waals surface area contributed by atoms with E-state index >= 15 is 0 Å². The average molecular weight is 397 g/mol. The zero-order valence-corrected chi connectivity index (χ0v) is 15.9. The molecule has 29 heavy (non-hydrogen) atoms. The molecule has 1 aliphatic rings. The fourth-order valence-electron chi connectivity index (χ4n) is 3.23. The number of ether oxygens (including phenoxy) is 1. The fraction of sp³-hybridized carbons (Fsp3) is 0.250. The topological polar surface area (TPSA) is 119 Å². The number of aryl methyl sites for hydroxylation is 1. The van der Waals surface area contributed by atoms with Crippen LogP contribution in [0.15, 0.2) is 36.4 Å². The van der Waals surface area contributed by atoms with E-state index in [2.05, 4.69) is 10.1 Å². The van der Waals surface area contributed by atoms with E-state index in [1.807, 2.05) is 6.92 Å². The highest BCUT2D eigenvalue weighted by atomic mass is 16.6. The second-order valence-corrected chi connectivity index (χ2v) is 6.62. The average Bonchev–Trinajstić information content (AvgIpc) is 3.12. The van der Waals surface area contributed by atoms with Gasteiger partial charge in [0, 0.05) is 42.0 Å². The van der Waals surface area contributed by atoms with E-state index in [1.54, 1.807) is 23.1 Å². The monoisotopic (exact) mass is 397 g/mol. The van der Waals surface area contributed by atoms with Gasteiger partial charge in [0.2, 0.25) is 5.91 Å². The van der Waals surface area contributed by atoms with Crippen molar-refractivity contribution in [3.63, 3.8) is 0 Å². The number of nitro groups is 1. The van der Waals surface area contributed by atoms with Gasteiger partial charge in [-0.1, -0.05) is 0 Å². The molecular formula is C20H19N3O6. The largest absolute Gasteiger partial charge is 0.465 e. The number of rotatable bonds is 5. The van der Waals surface area contributed by atoms with E-state index in [4.69, 9.17) is 0 Å². The van der Waals surface area contributed by atoms with Gasteiger partial charge in [-0.05, 0) is 43.2 Å². The van der Waals surface area contributed by atoms with Crippen LogP contribution in [-0.4, -0.2) is 36.4 Å². The molecule has 0 aromatic heterocycles. The number of carbonyl (C=O) groups excluding carboxylic acids is 3. The van der Waals surface area contributed by atoms with Crippen molar-refractivity contribution in [3.05, 3.63) is 63.2 Å². The summed E-state index contributed by atoms with van der Waals surface area (Å²) in [7, 11) is 1.15. The lowest BCUT2D eigenvalue weighted by molar-refractivity contribution is -0.384. The molecular weight excluding hydrogens is 378 g/mol. The van der Waals surface area contributed by atoms with E-state index in [1.165, 1.54) is 6.07 Å². The SMILES string of the molecule is COC(=O)c1cc(C(=O)Nc2ccc(N3CCCC3=O)c(C)c2)cc([N+](=O)[O-])c1. The van der Waals surface area contributed by atoms with Crippen LogP contribution in [0.2, 0.25) is 0 Å². The summed E-state index contributed by atoms with van der Waals surface area (Å²) in [6, 6.07) is 8.50. The predicted octanol–water partition coefficient (Wildman–Crippen LogP) is 3.07. The number of anilines is 2. The molecule has 3 rings (SSSR count). The minimum absolute atomic E-state index is 0.0453. The van der Waals surface area contributed by atoms with Crippen molar-refractivity contribution in [1.82, 2.24) is 0 Å². The summed E-state index contributed by atoms with van der Waals surface area (Å²) in [5.74, 6) is -1.32. The van der Waals surface area contributed by atoms with Crippen molar-refractivity contribution in [2.24, 2.45) is 0 Å². The normalized spacial score (nSPS) is 13.3. The standard InChI is InChI=1S/C20H19N3O6/c1-12-8-15(5-6-17(12)22-7-3-4-18(22)24)21-19(25)13-9-14(20(26)29-2)11-16(10-13)23(27)28/h5-6,8-11H,3-4,7H2,1-2H3,(H,21,25). The van der Waals surface area contributed by atoms with E-state index in [9.17, 15) is 24.5 Å². The van der Waals surface area contributed by atoms with Crippen molar-refractivity contribution < 1.29 is 24.0 Å². The van der Waals surface area contributed by atoms with Crippen LogP contribution in [0.4, 0.5) is 17.1 Å². The van der Waals surface area contributed by atoms with E-state index in [-0.39, 0.29) is 17.0 Å². The maximum absolute atomic E-state index is 12.6. The van der Waals surface area contributed by atoms with E-state index < -0.39 is 22.5 Å². The lowest BCUT2D eigenvalue weighted by atomic mass is 10.1. The second kappa shape index (κ2) is 8.09. The molecule has 0 saturated carbocycles. The molecule has 0 unspecified atom stereocenters. The van der Waals surface area contributed by atoms with Gasteiger partial charge in [0.25, 0.3) is 11.6 Å². The first-order valence-corrected chi connectivity index (χ1v) is 8.90. The molecule has 9 nitrogen and oxygen atoms in total. The first kappa shape index (κ1) is 20.0. The number of hydrogen-bond donors (Lipinski definition) is 1. The highest BCUT2D eigenvalue weighted by Gasteiger charge is 2.23. The Morgan fingerprint density at radius 2 is 1.90 bits per heavy atom. The Balaban J connectivity index is 1.85. The van der Waals surface area contributed by atoms with Crippen LogP contribution in [0, 0.1) is 17.0 Å². The Hall–Kier alpha value is -3.75. The zero-order chi connectivity index (χ0) is 21.1. The number of benzene rings is 2. The molecule has 2 aromatic carbocycles. The van der Waals surface area contributed by atoms with Gasteiger partial charge in [0.1, 0.15) is 0 Å². The van der Waals surface area contributed by atoms with Gasteiger partial charge < -0.3 is 15.0 Å². The van der Waals surface area contributed by atoms with Gasteiger partial charge >= 0.3 is 5.97 Å². The van der Waals surface area contributed by atoms with Crippen molar-refractivity contribution in [2.45, 2.75) is 19.8 Å². The molecule has 1 heterocycles. The highest BCUT2D eigenvalue weighted by molar-refractivity contribution is 6.06. The van der Waals surface area contributed by atoms with Crippen LogP contribution in [0.1, 0.15) is 39.1 Å². The molecule has 0 aliphatic carbocycles. The summed E-state index contributed by atoms with van der Waals surface area (Å²) in [5, 5.41) is 13.8. The number of hydrogen-bond acceptors (Lipinski definition) is 6. The van der Waals surface area contributed by atoms with Gasteiger partial charge in [-0.2, -0.15) is 0 Å². The van der Waals surface area contributed by atoms with Gasteiger partial charge in [0.15, 0.2) is 0 Å². The number of nitro benzene ring substituents is 1. The molecule has 0 radical (unpaired) electrons. The van der Waals surface area contributed by atoms with E-state index in [0.717, 1.165) is 36.9 Å². The van der Waals surface area contributed by atoms with E-state index in [0.29, 0.717) is 18.7 Å². The summed E-state index contributed by atoms with van der Waals surface area (Å²) >= 11 is 0. The number of amides is 2. The summed E-state index contributed by atoms with van der Waals surface area (Å²) in [6.07, 6.45) is 1.33. The first-order chi connectivity index (χ1) is 13.8. The van der Waals surface area contributed by atoms with Crippen molar-refractivity contribution in [1.29, 1.82) is 0 Å². The molecule has 2 amide bonds. The summed E-state index contributed by atoms with van der Waals surface area (Å²) < 4.78 is 4.58. The fourth-order valence-corrected chi connectivity index (χ4v) is 3.23. The van der Waals surface area contributed by atoms with Crippen LogP contribution in [-0.2, 0) is 9.53 Å². The molecule has 1 aliphatic heterocycles. The highest BCUT2D eigenvalue weighted by Crippen LogP contribution is 2.28. The number of nitrogens with one attached hydrogen (secondary N) is 1. The second-order valence-electron chi connectivity index (χ2n) is 6.62. The minimum atomic E-state index is -0.779. The molecule has 150 valence electrons. The number of non-ortho nitro benzene ring substituents is 1. The maximum atomic E-state index is 12.6. The minimum Gasteiger partial charge on any atom is -0.465 e. The summed E-state index contributed by atoms with van der Waals surface area (Å²) in [6.45, 7) is 2.49.